The van der Waals surface area contributed by atoms with Crippen LogP contribution in [0.15, 0.2) is 125 Å². The van der Waals surface area contributed by atoms with Crippen molar-refractivity contribution in [3.63, 3.8) is 0 Å². The maximum Gasteiger partial charge on any atom is 0.187 e. The summed E-state index contributed by atoms with van der Waals surface area (Å²) in [5, 5.41) is 13.1. The Morgan fingerprint density at radius 3 is 1.97 bits per heavy atom. The molecule has 1 heterocycles. The Labute approximate surface area is 203 Å². The van der Waals surface area contributed by atoms with E-state index in [1.165, 1.54) is 0 Å². The van der Waals surface area contributed by atoms with Crippen LogP contribution in [0.1, 0.15) is 16.4 Å². The third-order valence-corrected chi connectivity index (χ3v) is 7.80. The number of hydrogen-bond donors (Lipinski definition) is 1. The second-order valence-corrected chi connectivity index (χ2v) is 9.72. The third kappa shape index (κ3) is 4.20. The summed E-state index contributed by atoms with van der Waals surface area (Å²) < 4.78 is 0. The average molecular weight is 469 g/mol. The SMILES string of the molecule is CSc1ccc(C2(O)C(c3ccccc3)SC(=Nc3ccccc3)N2c2ccccc2)cc1. The fraction of sp³-hybridized carbons (Fsp3) is 0.107. The summed E-state index contributed by atoms with van der Waals surface area (Å²) in [6.07, 6.45) is 2.06. The van der Waals surface area contributed by atoms with E-state index < -0.39 is 5.72 Å². The summed E-state index contributed by atoms with van der Waals surface area (Å²) in [6.45, 7) is 0. The van der Waals surface area contributed by atoms with Crippen LogP contribution in [0, 0.1) is 0 Å². The number of hydrogen-bond acceptors (Lipinski definition) is 4. The Morgan fingerprint density at radius 1 is 0.788 bits per heavy atom. The number of aliphatic imine (C=N–C) groups is 1. The van der Waals surface area contributed by atoms with Crippen LogP contribution in [-0.2, 0) is 5.72 Å². The number of benzene rings is 4. The molecule has 0 radical (unpaired) electrons. The topological polar surface area (TPSA) is 35.8 Å². The monoisotopic (exact) mass is 468 g/mol. The van der Waals surface area contributed by atoms with Crippen molar-refractivity contribution in [1.29, 1.82) is 0 Å². The van der Waals surface area contributed by atoms with E-state index in [9.17, 15) is 5.11 Å². The molecule has 1 fully saturated rings. The lowest BCUT2D eigenvalue weighted by atomic mass is 9.92. The lowest BCUT2D eigenvalue weighted by Crippen LogP contribution is -2.46. The molecule has 0 spiro atoms. The van der Waals surface area contributed by atoms with Gasteiger partial charge in [0.15, 0.2) is 10.9 Å². The molecule has 164 valence electrons. The minimum absolute atomic E-state index is 0.263. The number of amidine groups is 1. The molecule has 1 aliphatic heterocycles. The molecule has 5 heteroatoms. The Morgan fingerprint density at radius 2 is 1.36 bits per heavy atom. The van der Waals surface area contributed by atoms with Gasteiger partial charge in [0, 0.05) is 16.1 Å². The highest BCUT2D eigenvalue weighted by molar-refractivity contribution is 8.14. The maximum absolute atomic E-state index is 12.6. The minimum atomic E-state index is -1.32. The van der Waals surface area contributed by atoms with Crippen LogP contribution in [0.4, 0.5) is 11.4 Å². The third-order valence-electron chi connectivity index (χ3n) is 5.73. The van der Waals surface area contributed by atoms with Crippen molar-refractivity contribution in [2.75, 3.05) is 11.2 Å². The molecule has 1 N–H and O–H groups in total. The highest BCUT2D eigenvalue weighted by Gasteiger charge is 2.54. The zero-order chi connectivity index (χ0) is 22.7. The average Bonchev–Trinajstić information content (AvgIpc) is 3.18. The molecule has 1 saturated heterocycles. The van der Waals surface area contributed by atoms with Crippen LogP contribution < -0.4 is 4.90 Å². The summed E-state index contributed by atoms with van der Waals surface area (Å²) >= 11 is 3.29. The molecule has 0 saturated carbocycles. The number of thioether (sulfide) groups is 2. The lowest BCUT2D eigenvalue weighted by Gasteiger charge is -2.38. The fourth-order valence-electron chi connectivity index (χ4n) is 4.12. The van der Waals surface area contributed by atoms with Crippen molar-refractivity contribution in [1.82, 2.24) is 0 Å². The van der Waals surface area contributed by atoms with E-state index in [-0.39, 0.29) is 5.25 Å². The quantitative estimate of drug-likeness (QED) is 0.313. The van der Waals surface area contributed by atoms with Crippen molar-refractivity contribution < 1.29 is 5.11 Å². The van der Waals surface area contributed by atoms with Crippen LogP contribution in [0.5, 0.6) is 0 Å². The molecule has 3 nitrogen and oxygen atoms in total. The first-order valence-corrected chi connectivity index (χ1v) is 12.9. The Kier molecular flexibility index (Phi) is 6.27. The van der Waals surface area contributed by atoms with E-state index >= 15 is 0 Å². The van der Waals surface area contributed by atoms with Crippen LogP contribution in [0.2, 0.25) is 0 Å². The smallest absolute Gasteiger partial charge is 0.187 e. The van der Waals surface area contributed by atoms with Gasteiger partial charge >= 0.3 is 0 Å². The maximum atomic E-state index is 12.6. The molecule has 2 atom stereocenters. The second kappa shape index (κ2) is 9.48. The normalized spacial score (nSPS) is 21.5. The summed E-state index contributed by atoms with van der Waals surface area (Å²) in [7, 11) is 0. The molecule has 1 aliphatic rings. The van der Waals surface area contributed by atoms with Crippen LogP contribution in [-0.4, -0.2) is 16.5 Å². The molecule has 4 aromatic carbocycles. The summed E-state index contributed by atoms with van der Waals surface area (Å²) in [5.74, 6) is 0. The Balaban J connectivity index is 1.73. The number of anilines is 1. The van der Waals surface area contributed by atoms with E-state index in [4.69, 9.17) is 4.99 Å². The molecule has 0 aliphatic carbocycles. The Hall–Kier alpha value is -2.99. The van der Waals surface area contributed by atoms with Gasteiger partial charge in [-0.1, -0.05) is 90.6 Å². The van der Waals surface area contributed by atoms with Gasteiger partial charge in [-0.25, -0.2) is 4.99 Å². The summed E-state index contributed by atoms with van der Waals surface area (Å²) in [4.78, 5) is 8.13. The highest BCUT2D eigenvalue weighted by Crippen LogP contribution is 2.56. The van der Waals surface area contributed by atoms with Gasteiger partial charge in [0.25, 0.3) is 0 Å². The van der Waals surface area contributed by atoms with Gasteiger partial charge in [-0.05, 0) is 48.2 Å². The molecule has 4 aromatic rings. The van der Waals surface area contributed by atoms with Gasteiger partial charge in [0.05, 0.1) is 10.9 Å². The van der Waals surface area contributed by atoms with E-state index in [1.807, 2.05) is 95.9 Å². The minimum Gasteiger partial charge on any atom is -0.365 e. The largest absolute Gasteiger partial charge is 0.365 e. The predicted octanol–water partition coefficient (Wildman–Crippen LogP) is 7.24. The zero-order valence-corrected chi connectivity index (χ0v) is 19.8. The number of aliphatic hydroxyl groups is 1. The van der Waals surface area contributed by atoms with Gasteiger partial charge in [0.2, 0.25) is 0 Å². The molecule has 0 amide bonds. The van der Waals surface area contributed by atoms with Gasteiger partial charge < -0.3 is 5.11 Å². The Bertz CT molecular complexity index is 1230. The van der Waals surface area contributed by atoms with E-state index in [0.717, 1.165) is 32.6 Å². The summed E-state index contributed by atoms with van der Waals surface area (Å²) in [5.41, 5.74) is 2.32. The first-order chi connectivity index (χ1) is 16.2. The van der Waals surface area contributed by atoms with Crippen molar-refractivity contribution in [2.24, 2.45) is 4.99 Å². The van der Waals surface area contributed by atoms with Crippen LogP contribution in [0.3, 0.4) is 0 Å². The van der Waals surface area contributed by atoms with Crippen LogP contribution in [0.25, 0.3) is 0 Å². The molecular weight excluding hydrogens is 444 g/mol. The molecule has 5 rings (SSSR count). The lowest BCUT2D eigenvalue weighted by molar-refractivity contribution is 0.0482. The van der Waals surface area contributed by atoms with Gasteiger partial charge in [0.1, 0.15) is 0 Å². The van der Waals surface area contributed by atoms with Gasteiger partial charge in [-0.15, -0.1) is 11.8 Å². The van der Waals surface area contributed by atoms with Crippen LogP contribution >= 0.6 is 23.5 Å². The van der Waals surface area contributed by atoms with Crippen molar-refractivity contribution >= 4 is 40.1 Å². The molecule has 33 heavy (non-hydrogen) atoms. The van der Waals surface area contributed by atoms with Crippen molar-refractivity contribution in [2.45, 2.75) is 15.9 Å². The van der Waals surface area contributed by atoms with Gasteiger partial charge in [-0.2, -0.15) is 0 Å². The number of nitrogens with zero attached hydrogens (tertiary/aromatic N) is 2. The first kappa shape index (κ1) is 21.8. The molecular formula is C28H24N2OS2. The first-order valence-electron chi connectivity index (χ1n) is 10.8. The van der Waals surface area contributed by atoms with E-state index in [0.29, 0.717) is 0 Å². The van der Waals surface area contributed by atoms with E-state index in [2.05, 4.69) is 30.5 Å². The van der Waals surface area contributed by atoms with E-state index in [1.54, 1.807) is 23.5 Å². The van der Waals surface area contributed by atoms with Crippen molar-refractivity contribution in [3.8, 4) is 0 Å². The molecule has 0 aromatic heterocycles. The molecule has 0 bridgehead atoms. The molecule has 2 unspecified atom stereocenters. The summed E-state index contributed by atoms with van der Waals surface area (Å²) in [6, 6.07) is 38.3. The standard InChI is InChI=1S/C28H24N2OS2/c1-32-25-19-17-22(18-20-25)28(31)26(21-11-5-2-6-12-21)33-27(29-23-13-7-3-8-14-23)30(28)24-15-9-4-10-16-24/h2-20,26,31H,1H3. The van der Waals surface area contributed by atoms with Crippen molar-refractivity contribution in [3.05, 3.63) is 126 Å². The number of para-hydroxylation sites is 2. The second-order valence-electron chi connectivity index (χ2n) is 7.76. The van der Waals surface area contributed by atoms with Gasteiger partial charge in [-0.3, -0.25) is 4.90 Å². The predicted molar refractivity (Wildman–Crippen MR) is 141 cm³/mol. The highest BCUT2D eigenvalue weighted by atomic mass is 32.2. The fourth-order valence-corrected chi connectivity index (χ4v) is 5.95. The zero-order valence-electron chi connectivity index (χ0n) is 18.2. The number of rotatable bonds is 5.